The van der Waals surface area contributed by atoms with E-state index in [1.807, 2.05) is 36.4 Å². The number of carbonyl (C=O) groups excluding carboxylic acids is 1. The first-order chi connectivity index (χ1) is 14.8. The number of para-hydroxylation sites is 2. The van der Waals surface area contributed by atoms with Crippen LogP contribution in [0, 0.1) is 5.92 Å². The van der Waals surface area contributed by atoms with Crippen LogP contribution in [0.4, 0.5) is 0 Å². The number of sulfonamides is 1. The Morgan fingerprint density at radius 2 is 1.81 bits per heavy atom. The van der Waals surface area contributed by atoms with Crippen LogP contribution in [0.5, 0.6) is 0 Å². The lowest BCUT2D eigenvalue weighted by atomic mass is 9.97. The number of nitrogens with one attached hydrogen (secondary N) is 2. The summed E-state index contributed by atoms with van der Waals surface area (Å²) >= 11 is 0. The highest BCUT2D eigenvalue weighted by Crippen LogP contribution is 2.25. The average Bonchev–Trinajstić information content (AvgIpc) is 3.20. The number of hydrogen-bond acceptors (Lipinski definition) is 4. The molecule has 0 spiro atoms. The summed E-state index contributed by atoms with van der Waals surface area (Å²) < 4.78 is 27.4. The second-order valence-corrected chi connectivity index (χ2v) is 10.3. The number of imidazole rings is 1. The highest BCUT2D eigenvalue weighted by molar-refractivity contribution is 7.89. The lowest BCUT2D eigenvalue weighted by molar-refractivity contribution is -0.126. The van der Waals surface area contributed by atoms with E-state index in [0.29, 0.717) is 49.1 Å². The van der Waals surface area contributed by atoms with E-state index in [0.717, 1.165) is 16.6 Å². The van der Waals surface area contributed by atoms with Crippen molar-refractivity contribution in [2.75, 3.05) is 13.1 Å². The van der Waals surface area contributed by atoms with Crippen LogP contribution in [0.25, 0.3) is 11.0 Å². The highest BCUT2D eigenvalue weighted by atomic mass is 32.2. The topological polar surface area (TPSA) is 95.2 Å². The Balaban J connectivity index is 1.32. The van der Waals surface area contributed by atoms with Gasteiger partial charge in [0, 0.05) is 19.0 Å². The van der Waals surface area contributed by atoms with E-state index >= 15 is 0 Å². The number of aromatic nitrogens is 2. The molecule has 1 aromatic heterocycles. The van der Waals surface area contributed by atoms with Crippen LogP contribution in [0.2, 0.25) is 0 Å². The molecule has 0 saturated carbocycles. The van der Waals surface area contributed by atoms with Gasteiger partial charge in [-0.2, -0.15) is 4.31 Å². The summed E-state index contributed by atoms with van der Waals surface area (Å²) in [6, 6.07) is 14.8. The fourth-order valence-electron chi connectivity index (χ4n) is 3.94. The molecular weight excluding hydrogens is 412 g/mol. The smallest absolute Gasteiger partial charge is 0.243 e. The van der Waals surface area contributed by atoms with Crippen LogP contribution < -0.4 is 5.32 Å². The molecule has 0 unspecified atom stereocenters. The van der Waals surface area contributed by atoms with Crippen molar-refractivity contribution in [1.82, 2.24) is 19.6 Å². The summed E-state index contributed by atoms with van der Waals surface area (Å²) in [4.78, 5) is 20.6. The molecule has 1 amide bonds. The number of hydrogen-bond donors (Lipinski definition) is 2. The van der Waals surface area contributed by atoms with Crippen molar-refractivity contribution >= 4 is 27.0 Å². The zero-order valence-corrected chi connectivity index (χ0v) is 18.7. The molecular formula is C23H28N4O3S. The maximum Gasteiger partial charge on any atom is 0.243 e. The van der Waals surface area contributed by atoms with Crippen molar-refractivity contribution in [2.45, 2.75) is 44.0 Å². The van der Waals surface area contributed by atoms with Crippen LogP contribution >= 0.6 is 0 Å². The number of nitrogens with zero attached hydrogens (tertiary/aromatic N) is 2. The molecule has 0 aliphatic carbocycles. The summed E-state index contributed by atoms with van der Waals surface area (Å²) in [5.41, 5.74) is 2.91. The first kappa shape index (κ1) is 21.5. The van der Waals surface area contributed by atoms with Crippen molar-refractivity contribution < 1.29 is 13.2 Å². The minimum atomic E-state index is -3.54. The fraction of sp³-hybridized carbons (Fsp3) is 0.391. The minimum Gasteiger partial charge on any atom is -0.349 e. The van der Waals surface area contributed by atoms with Crippen LogP contribution in [0.3, 0.4) is 0 Å². The lowest BCUT2D eigenvalue weighted by Crippen LogP contribution is -2.42. The Kier molecular flexibility index (Phi) is 6.11. The Labute approximate surface area is 182 Å². The monoisotopic (exact) mass is 440 g/mol. The third-order valence-corrected chi connectivity index (χ3v) is 7.79. The van der Waals surface area contributed by atoms with Gasteiger partial charge in [-0.3, -0.25) is 4.79 Å². The quantitative estimate of drug-likeness (QED) is 0.614. The molecule has 2 heterocycles. The molecule has 0 bridgehead atoms. The third kappa shape index (κ3) is 4.65. The molecule has 164 valence electrons. The molecule has 0 atom stereocenters. The number of carbonyl (C=O) groups is 1. The molecule has 1 saturated heterocycles. The van der Waals surface area contributed by atoms with Crippen molar-refractivity contribution in [3.8, 4) is 0 Å². The van der Waals surface area contributed by atoms with Crippen molar-refractivity contribution in [1.29, 1.82) is 0 Å². The van der Waals surface area contributed by atoms with Gasteiger partial charge in [0.05, 0.1) is 22.5 Å². The van der Waals surface area contributed by atoms with Gasteiger partial charge in [-0.25, -0.2) is 13.4 Å². The number of H-pyrrole nitrogens is 1. The molecule has 7 nitrogen and oxygen atoms in total. The Hall–Kier alpha value is -2.71. The van der Waals surface area contributed by atoms with Gasteiger partial charge in [-0.1, -0.05) is 38.1 Å². The first-order valence-electron chi connectivity index (χ1n) is 10.7. The summed E-state index contributed by atoms with van der Waals surface area (Å²) in [7, 11) is -3.54. The normalized spacial score (nSPS) is 16.1. The Morgan fingerprint density at radius 3 is 2.45 bits per heavy atom. The lowest BCUT2D eigenvalue weighted by Gasteiger charge is -2.30. The molecule has 1 fully saturated rings. The summed E-state index contributed by atoms with van der Waals surface area (Å²) in [5, 5.41) is 2.93. The van der Waals surface area contributed by atoms with Gasteiger partial charge in [-0.05, 0) is 48.6 Å². The predicted octanol–water partition coefficient (Wildman–Crippen LogP) is 3.40. The molecule has 8 heteroatoms. The zero-order valence-electron chi connectivity index (χ0n) is 17.8. The van der Waals surface area contributed by atoms with E-state index in [1.54, 1.807) is 12.1 Å². The van der Waals surface area contributed by atoms with Gasteiger partial charge >= 0.3 is 0 Å². The maximum absolute atomic E-state index is 13.0. The third-order valence-electron chi connectivity index (χ3n) is 5.88. The summed E-state index contributed by atoms with van der Waals surface area (Å²) in [6.07, 6.45) is 1.02. The number of benzene rings is 2. The molecule has 1 aliphatic heterocycles. The van der Waals surface area contributed by atoms with Crippen LogP contribution in [-0.2, 0) is 21.4 Å². The summed E-state index contributed by atoms with van der Waals surface area (Å²) in [5.74, 6) is 0.808. The van der Waals surface area contributed by atoms with Gasteiger partial charge in [0.25, 0.3) is 0 Å². The van der Waals surface area contributed by atoms with E-state index < -0.39 is 10.0 Å². The number of rotatable bonds is 6. The summed E-state index contributed by atoms with van der Waals surface area (Å²) in [6.45, 7) is 5.17. The number of amides is 1. The maximum atomic E-state index is 13.0. The minimum absolute atomic E-state index is 0.0567. The van der Waals surface area contributed by atoms with E-state index in [1.165, 1.54) is 4.31 Å². The molecule has 0 radical (unpaired) electrons. The Bertz CT molecular complexity index is 1130. The van der Waals surface area contributed by atoms with Gasteiger partial charge < -0.3 is 10.3 Å². The standard InChI is InChI=1S/C23H28N4O3S/c1-16(2)17-7-9-19(10-8-17)31(29,30)27-13-11-18(12-14-27)23(28)24-15-22-25-20-5-3-4-6-21(20)26-22/h3-10,16,18H,11-15H2,1-2H3,(H,24,28)(H,25,26). The SMILES string of the molecule is CC(C)c1ccc(S(=O)(=O)N2CCC(C(=O)NCc3nc4ccccc4[nH]3)CC2)cc1. The van der Waals surface area contributed by atoms with Gasteiger partial charge in [-0.15, -0.1) is 0 Å². The van der Waals surface area contributed by atoms with E-state index in [2.05, 4.69) is 29.1 Å². The van der Waals surface area contributed by atoms with Crippen LogP contribution in [-0.4, -0.2) is 41.7 Å². The second-order valence-electron chi connectivity index (χ2n) is 8.32. The van der Waals surface area contributed by atoms with E-state index in [4.69, 9.17) is 0 Å². The zero-order chi connectivity index (χ0) is 22.0. The number of aromatic amines is 1. The number of fused-ring (bicyclic) bond motifs is 1. The average molecular weight is 441 g/mol. The number of piperidine rings is 1. The van der Waals surface area contributed by atoms with Crippen molar-refractivity contribution in [3.05, 3.63) is 59.9 Å². The van der Waals surface area contributed by atoms with Crippen LogP contribution in [0.15, 0.2) is 53.4 Å². The van der Waals surface area contributed by atoms with Gasteiger partial charge in [0.1, 0.15) is 5.82 Å². The van der Waals surface area contributed by atoms with Crippen molar-refractivity contribution in [2.24, 2.45) is 5.92 Å². The molecule has 31 heavy (non-hydrogen) atoms. The van der Waals surface area contributed by atoms with E-state index in [-0.39, 0.29) is 11.8 Å². The second kappa shape index (κ2) is 8.80. The molecule has 1 aliphatic rings. The van der Waals surface area contributed by atoms with Gasteiger partial charge in [0.15, 0.2) is 0 Å². The van der Waals surface area contributed by atoms with Crippen LogP contribution in [0.1, 0.15) is 44.0 Å². The molecule has 3 aromatic rings. The first-order valence-corrected chi connectivity index (χ1v) is 12.1. The highest BCUT2D eigenvalue weighted by Gasteiger charge is 2.32. The van der Waals surface area contributed by atoms with E-state index in [9.17, 15) is 13.2 Å². The molecule has 2 N–H and O–H groups in total. The molecule has 2 aromatic carbocycles. The molecule has 4 rings (SSSR count). The van der Waals surface area contributed by atoms with Gasteiger partial charge in [0.2, 0.25) is 15.9 Å². The Morgan fingerprint density at radius 1 is 1.13 bits per heavy atom. The largest absolute Gasteiger partial charge is 0.349 e. The fourth-order valence-corrected chi connectivity index (χ4v) is 5.41. The van der Waals surface area contributed by atoms with Crippen molar-refractivity contribution in [3.63, 3.8) is 0 Å². The predicted molar refractivity (Wildman–Crippen MR) is 120 cm³/mol.